The van der Waals surface area contributed by atoms with Gasteiger partial charge in [-0.3, -0.25) is 4.98 Å². The minimum absolute atomic E-state index is 0.230. The molecule has 4 rings (SSSR count). The van der Waals surface area contributed by atoms with Crippen LogP contribution in [0.4, 0.5) is 0 Å². The number of hydrogen-bond acceptors (Lipinski definition) is 4. The van der Waals surface area contributed by atoms with Gasteiger partial charge >= 0.3 is 0 Å². The zero-order chi connectivity index (χ0) is 17.3. The molecule has 0 aliphatic rings. The zero-order valence-electron chi connectivity index (χ0n) is 13.3. The molecule has 5 nitrogen and oxygen atoms in total. The molecule has 2 heterocycles. The van der Waals surface area contributed by atoms with Gasteiger partial charge in [-0.15, -0.1) is 0 Å². The Hall–Kier alpha value is -2.99. The van der Waals surface area contributed by atoms with Gasteiger partial charge in [0.2, 0.25) is 9.84 Å². The summed E-state index contributed by atoms with van der Waals surface area (Å²) < 4.78 is 28.0. The molecule has 0 saturated carbocycles. The van der Waals surface area contributed by atoms with Crippen LogP contribution < -0.4 is 0 Å². The van der Waals surface area contributed by atoms with Gasteiger partial charge in [-0.05, 0) is 17.7 Å². The van der Waals surface area contributed by atoms with Crippen LogP contribution >= 0.6 is 0 Å². The van der Waals surface area contributed by atoms with Crippen LogP contribution in [-0.2, 0) is 16.4 Å². The maximum atomic E-state index is 13.0. The molecule has 25 heavy (non-hydrogen) atoms. The topological polar surface area (TPSA) is 64.8 Å². The van der Waals surface area contributed by atoms with Crippen molar-refractivity contribution in [3.8, 4) is 0 Å². The van der Waals surface area contributed by atoms with E-state index in [0.717, 1.165) is 10.9 Å². The van der Waals surface area contributed by atoms with E-state index in [-0.39, 0.29) is 9.79 Å². The van der Waals surface area contributed by atoms with Crippen LogP contribution in [0.1, 0.15) is 5.56 Å². The Morgan fingerprint density at radius 3 is 2.48 bits per heavy atom. The van der Waals surface area contributed by atoms with Crippen LogP contribution in [0.25, 0.3) is 10.8 Å². The fourth-order valence-electron chi connectivity index (χ4n) is 2.79. The summed E-state index contributed by atoms with van der Waals surface area (Å²) in [5.41, 5.74) is 1.01. The maximum absolute atomic E-state index is 13.0. The highest BCUT2D eigenvalue weighted by atomic mass is 32.2. The van der Waals surface area contributed by atoms with Crippen molar-refractivity contribution in [2.45, 2.75) is 16.3 Å². The Labute approximate surface area is 145 Å². The molecule has 2 aromatic carbocycles. The number of fused-ring (bicyclic) bond motifs is 1. The third kappa shape index (κ3) is 2.92. The van der Waals surface area contributed by atoms with Crippen molar-refractivity contribution in [3.63, 3.8) is 0 Å². The third-order valence-corrected chi connectivity index (χ3v) is 5.88. The van der Waals surface area contributed by atoms with Gasteiger partial charge in [0.25, 0.3) is 0 Å². The van der Waals surface area contributed by atoms with Crippen molar-refractivity contribution < 1.29 is 8.42 Å². The summed E-state index contributed by atoms with van der Waals surface area (Å²) in [6, 6.07) is 14.3. The van der Waals surface area contributed by atoms with Crippen LogP contribution in [0.15, 0.2) is 89.4 Å². The Kier molecular flexibility index (Phi) is 3.82. The summed E-state index contributed by atoms with van der Waals surface area (Å²) in [5.74, 6) is 0. The molecule has 0 fully saturated rings. The molecule has 0 radical (unpaired) electrons. The standard InChI is InChI=1S/C19H15N3O2S/c23-25(24,19-12-21-11-16-3-1-2-4-18(16)19)17-7-5-15(6-8-17)13-22-10-9-20-14-22/h1-12,14H,13H2. The number of sulfone groups is 1. The molecule has 0 aliphatic heterocycles. The monoisotopic (exact) mass is 349 g/mol. The van der Waals surface area contributed by atoms with Crippen molar-refractivity contribution in [2.75, 3.05) is 0 Å². The first-order valence-electron chi connectivity index (χ1n) is 7.77. The van der Waals surface area contributed by atoms with E-state index in [1.54, 1.807) is 36.9 Å². The molecular formula is C19H15N3O2S. The molecule has 0 aliphatic carbocycles. The molecule has 4 aromatic rings. The van der Waals surface area contributed by atoms with Crippen molar-refractivity contribution in [2.24, 2.45) is 0 Å². The van der Waals surface area contributed by atoms with Gasteiger partial charge in [-0.1, -0.05) is 36.4 Å². The highest BCUT2D eigenvalue weighted by Crippen LogP contribution is 2.27. The van der Waals surface area contributed by atoms with E-state index in [2.05, 4.69) is 9.97 Å². The molecule has 0 N–H and O–H groups in total. The third-order valence-electron chi connectivity index (χ3n) is 4.08. The highest BCUT2D eigenvalue weighted by Gasteiger charge is 2.20. The van der Waals surface area contributed by atoms with Gasteiger partial charge in [0.05, 0.1) is 16.1 Å². The van der Waals surface area contributed by atoms with E-state index < -0.39 is 9.84 Å². The summed E-state index contributed by atoms with van der Waals surface area (Å²) in [5, 5.41) is 1.49. The number of hydrogen-bond donors (Lipinski definition) is 0. The van der Waals surface area contributed by atoms with Crippen LogP contribution in [0, 0.1) is 0 Å². The van der Waals surface area contributed by atoms with Crippen LogP contribution in [0.3, 0.4) is 0 Å². The number of nitrogens with zero attached hydrogens (tertiary/aromatic N) is 3. The molecule has 6 heteroatoms. The molecule has 2 aromatic heterocycles. The van der Waals surface area contributed by atoms with E-state index in [4.69, 9.17) is 0 Å². The second-order valence-corrected chi connectivity index (χ2v) is 7.66. The summed E-state index contributed by atoms with van der Waals surface area (Å²) in [4.78, 5) is 8.58. The van der Waals surface area contributed by atoms with Crippen LogP contribution in [0.2, 0.25) is 0 Å². The lowest BCUT2D eigenvalue weighted by Crippen LogP contribution is -2.04. The SMILES string of the molecule is O=S(=O)(c1ccc(Cn2ccnc2)cc1)c1cncc2ccccc12. The normalized spacial score (nSPS) is 11.7. The molecule has 0 saturated heterocycles. The summed E-state index contributed by atoms with van der Waals surface area (Å²) >= 11 is 0. The van der Waals surface area contributed by atoms with Gasteiger partial charge in [0, 0.05) is 42.1 Å². The predicted octanol–water partition coefficient (Wildman–Crippen LogP) is 3.31. The molecule has 124 valence electrons. The van der Waals surface area contributed by atoms with E-state index in [0.29, 0.717) is 11.9 Å². The number of rotatable bonds is 4. The molecule has 0 amide bonds. The molecule has 0 bridgehead atoms. The first kappa shape index (κ1) is 15.5. The predicted molar refractivity (Wildman–Crippen MR) is 95.0 cm³/mol. The van der Waals surface area contributed by atoms with Gasteiger partial charge in [-0.2, -0.15) is 0 Å². The Morgan fingerprint density at radius 1 is 0.920 bits per heavy atom. The smallest absolute Gasteiger partial charge is 0.208 e. The van der Waals surface area contributed by atoms with E-state index in [1.165, 1.54) is 6.20 Å². The lowest BCUT2D eigenvalue weighted by molar-refractivity contribution is 0.596. The highest BCUT2D eigenvalue weighted by molar-refractivity contribution is 7.91. The first-order valence-corrected chi connectivity index (χ1v) is 9.25. The Morgan fingerprint density at radius 2 is 1.72 bits per heavy atom. The number of pyridine rings is 1. The summed E-state index contributed by atoms with van der Waals surface area (Å²) in [6.45, 7) is 0.649. The molecule has 0 unspecified atom stereocenters. The summed E-state index contributed by atoms with van der Waals surface area (Å²) in [7, 11) is -3.63. The fraction of sp³-hybridized carbons (Fsp3) is 0.0526. The number of imidazole rings is 1. The minimum Gasteiger partial charge on any atom is -0.333 e. The fourth-order valence-corrected chi connectivity index (χ4v) is 4.22. The Bertz CT molecular complexity index is 1110. The largest absolute Gasteiger partial charge is 0.333 e. The maximum Gasteiger partial charge on any atom is 0.208 e. The second-order valence-electron chi connectivity index (χ2n) is 5.74. The van der Waals surface area contributed by atoms with Crippen molar-refractivity contribution in [1.82, 2.24) is 14.5 Å². The van der Waals surface area contributed by atoms with Gasteiger partial charge in [0.1, 0.15) is 0 Å². The van der Waals surface area contributed by atoms with E-state index >= 15 is 0 Å². The average Bonchev–Trinajstić information content (AvgIpc) is 3.15. The quantitative estimate of drug-likeness (QED) is 0.567. The second kappa shape index (κ2) is 6.14. The van der Waals surface area contributed by atoms with Crippen molar-refractivity contribution in [3.05, 3.63) is 85.2 Å². The van der Waals surface area contributed by atoms with Crippen molar-refractivity contribution in [1.29, 1.82) is 0 Å². The first-order chi connectivity index (χ1) is 12.1. The van der Waals surface area contributed by atoms with Gasteiger partial charge < -0.3 is 4.57 Å². The summed E-state index contributed by atoms with van der Waals surface area (Å²) in [6.07, 6.45) is 8.39. The lowest BCUT2D eigenvalue weighted by Gasteiger charge is -2.09. The van der Waals surface area contributed by atoms with E-state index in [1.807, 2.05) is 41.1 Å². The van der Waals surface area contributed by atoms with E-state index in [9.17, 15) is 8.42 Å². The Balaban J connectivity index is 1.72. The van der Waals surface area contributed by atoms with Crippen molar-refractivity contribution >= 4 is 20.6 Å². The van der Waals surface area contributed by atoms with Gasteiger partial charge in [-0.25, -0.2) is 13.4 Å². The zero-order valence-corrected chi connectivity index (χ0v) is 14.1. The van der Waals surface area contributed by atoms with Gasteiger partial charge in [0.15, 0.2) is 0 Å². The minimum atomic E-state index is -3.63. The van der Waals surface area contributed by atoms with Crippen LogP contribution in [0.5, 0.6) is 0 Å². The average molecular weight is 349 g/mol. The molecule has 0 atom stereocenters. The molecule has 0 spiro atoms. The number of aromatic nitrogens is 3. The number of benzene rings is 2. The lowest BCUT2D eigenvalue weighted by atomic mass is 10.2. The van der Waals surface area contributed by atoms with Crippen LogP contribution in [-0.4, -0.2) is 23.0 Å². The molecular weight excluding hydrogens is 334 g/mol.